The average Bonchev–Trinajstić information content (AvgIpc) is 3.06. The lowest BCUT2D eigenvalue weighted by Crippen LogP contribution is -2.55. The van der Waals surface area contributed by atoms with E-state index >= 15 is 0 Å². The summed E-state index contributed by atoms with van der Waals surface area (Å²) >= 11 is 0. The molecule has 25 heavy (non-hydrogen) atoms. The Morgan fingerprint density at radius 1 is 1.36 bits per heavy atom. The van der Waals surface area contributed by atoms with E-state index in [1.54, 1.807) is 4.90 Å². The van der Waals surface area contributed by atoms with Gasteiger partial charge >= 0.3 is 11.8 Å². The molecule has 8 heteroatoms. The number of aromatic nitrogens is 2. The number of amides is 2. The number of piperazine rings is 1. The first-order chi connectivity index (χ1) is 12.0. The van der Waals surface area contributed by atoms with Crippen LogP contribution in [0.15, 0.2) is 28.8 Å². The largest absolute Gasteiger partial charge is 0.351 e. The Kier molecular flexibility index (Phi) is 4.80. The molecule has 0 spiro atoms. The fraction of sp³-hybridized carbons (Fsp3) is 0.412. The SMILES string of the molecule is CNC(=O)c1nc(CN2CC(=O)N(c3ccc(C)cc3)C[C@@H]2C)no1. The van der Waals surface area contributed by atoms with E-state index in [-0.39, 0.29) is 24.4 Å². The molecule has 0 bridgehead atoms. The molecule has 1 fully saturated rings. The first-order valence-electron chi connectivity index (χ1n) is 8.13. The van der Waals surface area contributed by atoms with Crippen LogP contribution in [0.25, 0.3) is 0 Å². The molecule has 8 nitrogen and oxygen atoms in total. The molecule has 0 saturated carbocycles. The predicted octanol–water partition coefficient (Wildman–Crippen LogP) is 0.975. The summed E-state index contributed by atoms with van der Waals surface area (Å²) in [4.78, 5) is 31.9. The molecule has 2 amide bonds. The molecule has 1 aliphatic heterocycles. The van der Waals surface area contributed by atoms with Crippen molar-refractivity contribution < 1.29 is 14.1 Å². The fourth-order valence-corrected chi connectivity index (χ4v) is 2.78. The number of anilines is 1. The first-order valence-corrected chi connectivity index (χ1v) is 8.13. The van der Waals surface area contributed by atoms with Gasteiger partial charge in [-0.05, 0) is 26.0 Å². The maximum atomic E-state index is 12.5. The van der Waals surface area contributed by atoms with Crippen molar-refractivity contribution in [3.05, 3.63) is 41.5 Å². The van der Waals surface area contributed by atoms with Crippen LogP contribution in [0.5, 0.6) is 0 Å². The minimum Gasteiger partial charge on any atom is -0.351 e. The highest BCUT2D eigenvalue weighted by Gasteiger charge is 2.31. The number of hydrogen-bond donors (Lipinski definition) is 1. The Morgan fingerprint density at radius 3 is 2.76 bits per heavy atom. The van der Waals surface area contributed by atoms with Crippen molar-refractivity contribution in [2.24, 2.45) is 0 Å². The van der Waals surface area contributed by atoms with Crippen LogP contribution >= 0.6 is 0 Å². The van der Waals surface area contributed by atoms with E-state index in [1.807, 2.05) is 43.0 Å². The number of nitrogens with zero attached hydrogens (tertiary/aromatic N) is 4. The van der Waals surface area contributed by atoms with Crippen LogP contribution in [0.3, 0.4) is 0 Å². The molecule has 2 aromatic rings. The zero-order valence-electron chi connectivity index (χ0n) is 14.5. The molecule has 1 aromatic carbocycles. The monoisotopic (exact) mass is 343 g/mol. The van der Waals surface area contributed by atoms with Gasteiger partial charge in [0.05, 0.1) is 13.1 Å². The standard InChI is InChI=1S/C17H21N5O3/c1-11-4-6-13(7-5-11)22-8-12(2)21(10-15(22)23)9-14-19-17(25-20-14)16(24)18-3/h4-7,12H,8-10H2,1-3H3,(H,18,24)/t12-/m0/s1. The molecule has 1 N–H and O–H groups in total. The van der Waals surface area contributed by atoms with Crippen LogP contribution in [0, 0.1) is 6.92 Å². The molecule has 132 valence electrons. The quantitative estimate of drug-likeness (QED) is 0.890. The van der Waals surface area contributed by atoms with E-state index in [2.05, 4.69) is 15.5 Å². The van der Waals surface area contributed by atoms with Crippen LogP contribution in [-0.4, -0.2) is 53.0 Å². The highest BCUT2D eigenvalue weighted by Crippen LogP contribution is 2.21. The molecule has 3 rings (SSSR count). The maximum Gasteiger partial charge on any atom is 0.315 e. The highest BCUT2D eigenvalue weighted by atomic mass is 16.5. The normalized spacial score (nSPS) is 18.4. The van der Waals surface area contributed by atoms with Gasteiger partial charge in [-0.3, -0.25) is 14.5 Å². The van der Waals surface area contributed by atoms with Gasteiger partial charge in [-0.25, -0.2) is 0 Å². The number of nitrogens with one attached hydrogen (secondary N) is 1. The van der Waals surface area contributed by atoms with Crippen LogP contribution in [0.1, 0.15) is 29.0 Å². The number of aryl methyl sites for hydroxylation is 1. The summed E-state index contributed by atoms with van der Waals surface area (Å²) in [6, 6.07) is 8.05. The summed E-state index contributed by atoms with van der Waals surface area (Å²) < 4.78 is 4.93. The number of carbonyl (C=O) groups excluding carboxylic acids is 2. The topological polar surface area (TPSA) is 91.6 Å². The number of hydrogen-bond acceptors (Lipinski definition) is 6. The van der Waals surface area contributed by atoms with Gasteiger partial charge in [0.25, 0.3) is 0 Å². The minimum atomic E-state index is -0.424. The van der Waals surface area contributed by atoms with Crippen molar-refractivity contribution in [3.8, 4) is 0 Å². The van der Waals surface area contributed by atoms with E-state index < -0.39 is 5.91 Å². The van der Waals surface area contributed by atoms with Gasteiger partial charge in [-0.15, -0.1) is 0 Å². The van der Waals surface area contributed by atoms with Gasteiger partial charge in [0, 0.05) is 25.3 Å². The second kappa shape index (κ2) is 7.02. The summed E-state index contributed by atoms with van der Waals surface area (Å²) in [6.07, 6.45) is 0. The van der Waals surface area contributed by atoms with E-state index in [9.17, 15) is 9.59 Å². The van der Waals surface area contributed by atoms with Gasteiger partial charge in [0.2, 0.25) is 5.91 Å². The molecule has 1 atom stereocenters. The summed E-state index contributed by atoms with van der Waals surface area (Å²) in [6.45, 7) is 5.27. The second-order valence-corrected chi connectivity index (χ2v) is 6.19. The Hall–Kier alpha value is -2.74. The van der Waals surface area contributed by atoms with Gasteiger partial charge in [0.1, 0.15) is 0 Å². The molecule has 1 saturated heterocycles. The Bertz CT molecular complexity index is 771. The molecule has 0 radical (unpaired) electrons. The van der Waals surface area contributed by atoms with Crippen LogP contribution in [0.2, 0.25) is 0 Å². The molecule has 0 aliphatic carbocycles. The molecular weight excluding hydrogens is 322 g/mol. The zero-order valence-corrected chi connectivity index (χ0v) is 14.5. The summed E-state index contributed by atoms with van der Waals surface area (Å²) in [7, 11) is 1.50. The van der Waals surface area contributed by atoms with E-state index in [4.69, 9.17) is 4.52 Å². The predicted molar refractivity (Wildman–Crippen MR) is 91.1 cm³/mol. The summed E-state index contributed by atoms with van der Waals surface area (Å²) in [5.74, 6) is -0.0826. The van der Waals surface area contributed by atoms with Gasteiger partial charge < -0.3 is 14.7 Å². The first kappa shape index (κ1) is 17.1. The Balaban J connectivity index is 1.68. The minimum absolute atomic E-state index is 0.0250. The second-order valence-electron chi connectivity index (χ2n) is 6.19. The van der Waals surface area contributed by atoms with Crippen molar-refractivity contribution in [1.29, 1.82) is 0 Å². The highest BCUT2D eigenvalue weighted by molar-refractivity contribution is 5.95. The Morgan fingerprint density at radius 2 is 2.08 bits per heavy atom. The lowest BCUT2D eigenvalue weighted by molar-refractivity contribution is -0.122. The molecule has 0 unspecified atom stereocenters. The van der Waals surface area contributed by atoms with E-state index in [1.165, 1.54) is 7.05 Å². The fourth-order valence-electron chi connectivity index (χ4n) is 2.78. The van der Waals surface area contributed by atoms with Crippen LogP contribution in [-0.2, 0) is 11.3 Å². The van der Waals surface area contributed by atoms with E-state index in [0.717, 1.165) is 11.3 Å². The number of carbonyl (C=O) groups is 2. The number of benzene rings is 1. The van der Waals surface area contributed by atoms with Crippen molar-refractivity contribution in [3.63, 3.8) is 0 Å². The van der Waals surface area contributed by atoms with Crippen LogP contribution < -0.4 is 10.2 Å². The van der Waals surface area contributed by atoms with Crippen molar-refractivity contribution in [2.45, 2.75) is 26.4 Å². The summed E-state index contributed by atoms with van der Waals surface area (Å²) in [5, 5.41) is 6.24. The van der Waals surface area contributed by atoms with Crippen LogP contribution in [0.4, 0.5) is 5.69 Å². The van der Waals surface area contributed by atoms with Gasteiger partial charge in [0.15, 0.2) is 5.82 Å². The van der Waals surface area contributed by atoms with Gasteiger partial charge in [-0.2, -0.15) is 4.98 Å². The third-order valence-electron chi connectivity index (χ3n) is 4.29. The average molecular weight is 343 g/mol. The van der Waals surface area contributed by atoms with Gasteiger partial charge in [-0.1, -0.05) is 22.9 Å². The molecule has 1 aliphatic rings. The molecule has 1 aromatic heterocycles. The maximum absolute atomic E-state index is 12.5. The lowest BCUT2D eigenvalue weighted by atomic mass is 10.1. The van der Waals surface area contributed by atoms with E-state index in [0.29, 0.717) is 18.9 Å². The molecular formula is C17H21N5O3. The number of rotatable bonds is 4. The summed E-state index contributed by atoms with van der Waals surface area (Å²) in [5.41, 5.74) is 2.07. The molecule has 2 heterocycles. The third kappa shape index (κ3) is 3.69. The third-order valence-corrected chi connectivity index (χ3v) is 4.29. The van der Waals surface area contributed by atoms with Crippen molar-refractivity contribution in [1.82, 2.24) is 20.4 Å². The van der Waals surface area contributed by atoms with Crippen molar-refractivity contribution in [2.75, 3.05) is 25.0 Å². The lowest BCUT2D eigenvalue weighted by Gasteiger charge is -2.38. The smallest absolute Gasteiger partial charge is 0.315 e. The zero-order chi connectivity index (χ0) is 18.0. The van der Waals surface area contributed by atoms with Crippen molar-refractivity contribution >= 4 is 17.5 Å². The Labute approximate surface area is 145 Å².